The number of thiophene rings is 1. The summed E-state index contributed by atoms with van der Waals surface area (Å²) in [5, 5.41) is 13.5. The largest absolute Gasteiger partial charge is 0.496 e. The van der Waals surface area contributed by atoms with E-state index >= 15 is 0 Å². The van der Waals surface area contributed by atoms with E-state index < -0.39 is 0 Å². The molecule has 2 rings (SSSR count). The summed E-state index contributed by atoms with van der Waals surface area (Å²) in [5.41, 5.74) is 5.58. The highest BCUT2D eigenvalue weighted by Crippen LogP contribution is 2.25. The Bertz CT molecular complexity index is 478. The molecule has 0 unspecified atom stereocenters. The maximum Gasteiger partial charge on any atom is 0.264 e. The minimum absolute atomic E-state index is 0.0197. The number of piperidine rings is 1. The molecule has 0 bridgehead atoms. The van der Waals surface area contributed by atoms with Crippen molar-refractivity contribution in [3.63, 3.8) is 0 Å². The van der Waals surface area contributed by atoms with Crippen molar-refractivity contribution in [1.82, 2.24) is 4.90 Å². The molecule has 7 heteroatoms. The van der Waals surface area contributed by atoms with E-state index in [0.717, 1.165) is 12.8 Å². The van der Waals surface area contributed by atoms with Crippen LogP contribution in [-0.2, 0) is 0 Å². The lowest BCUT2D eigenvalue weighted by Crippen LogP contribution is -2.41. The van der Waals surface area contributed by atoms with Gasteiger partial charge in [-0.1, -0.05) is 5.16 Å². The van der Waals surface area contributed by atoms with Crippen molar-refractivity contribution in [3.8, 4) is 5.75 Å². The van der Waals surface area contributed by atoms with Gasteiger partial charge in [-0.3, -0.25) is 4.79 Å². The lowest BCUT2D eigenvalue weighted by Gasteiger charge is -2.31. The molecule has 3 N–H and O–H groups in total. The van der Waals surface area contributed by atoms with Crippen molar-refractivity contribution < 1.29 is 14.7 Å². The van der Waals surface area contributed by atoms with Crippen molar-refractivity contribution in [2.75, 3.05) is 20.2 Å². The van der Waals surface area contributed by atoms with E-state index in [0.29, 0.717) is 23.7 Å². The number of hydrogen-bond acceptors (Lipinski definition) is 5. The molecule has 1 saturated heterocycles. The van der Waals surface area contributed by atoms with Crippen LogP contribution in [0.15, 0.2) is 16.6 Å². The molecule has 19 heavy (non-hydrogen) atoms. The molecular weight excluding hydrogens is 266 g/mol. The van der Waals surface area contributed by atoms with Gasteiger partial charge in [0.05, 0.1) is 12.0 Å². The fourth-order valence-electron chi connectivity index (χ4n) is 2.15. The minimum Gasteiger partial charge on any atom is -0.496 e. The molecule has 0 atom stereocenters. The van der Waals surface area contributed by atoms with Crippen LogP contribution in [-0.4, -0.2) is 42.0 Å². The Labute approximate surface area is 115 Å². The van der Waals surface area contributed by atoms with Gasteiger partial charge in [0.1, 0.15) is 11.6 Å². The Balaban J connectivity index is 1.96. The van der Waals surface area contributed by atoms with Gasteiger partial charge in [-0.15, -0.1) is 11.3 Å². The summed E-state index contributed by atoms with van der Waals surface area (Å²) in [6.45, 7) is 1.25. The second-order valence-electron chi connectivity index (χ2n) is 4.44. The van der Waals surface area contributed by atoms with Crippen LogP contribution >= 0.6 is 11.3 Å². The molecule has 0 aliphatic carbocycles. The molecule has 1 aliphatic rings. The molecule has 1 aromatic heterocycles. The highest BCUT2D eigenvalue weighted by molar-refractivity contribution is 7.12. The van der Waals surface area contributed by atoms with Crippen molar-refractivity contribution in [3.05, 3.63) is 16.3 Å². The van der Waals surface area contributed by atoms with E-state index in [1.165, 1.54) is 11.3 Å². The third-order valence-corrected chi connectivity index (χ3v) is 4.23. The van der Waals surface area contributed by atoms with E-state index in [1.807, 2.05) is 5.38 Å². The highest BCUT2D eigenvalue weighted by atomic mass is 32.1. The average molecular weight is 283 g/mol. The Hall–Kier alpha value is -1.76. The van der Waals surface area contributed by atoms with Crippen LogP contribution < -0.4 is 10.5 Å². The Morgan fingerprint density at radius 1 is 1.58 bits per heavy atom. The number of ether oxygens (including phenoxy) is 1. The molecule has 2 heterocycles. The summed E-state index contributed by atoms with van der Waals surface area (Å²) in [6, 6.07) is 1.75. The smallest absolute Gasteiger partial charge is 0.264 e. The first-order valence-electron chi connectivity index (χ1n) is 6.05. The molecule has 0 radical (unpaired) electrons. The maximum absolute atomic E-state index is 12.2. The maximum atomic E-state index is 12.2. The normalized spacial score (nSPS) is 17.5. The zero-order valence-corrected chi connectivity index (χ0v) is 11.5. The predicted molar refractivity (Wildman–Crippen MR) is 72.9 cm³/mol. The first-order valence-corrected chi connectivity index (χ1v) is 6.93. The highest BCUT2D eigenvalue weighted by Gasteiger charge is 2.26. The summed E-state index contributed by atoms with van der Waals surface area (Å²) >= 11 is 1.38. The number of methoxy groups -OCH3 is 1. The van der Waals surface area contributed by atoms with Crippen molar-refractivity contribution in [2.45, 2.75) is 12.8 Å². The fourth-order valence-corrected chi connectivity index (χ4v) is 2.98. The number of nitrogens with zero attached hydrogens (tertiary/aromatic N) is 2. The summed E-state index contributed by atoms with van der Waals surface area (Å²) in [5.74, 6) is 1.04. The number of rotatable bonds is 3. The summed E-state index contributed by atoms with van der Waals surface area (Å²) in [6.07, 6.45) is 1.45. The van der Waals surface area contributed by atoms with Crippen molar-refractivity contribution in [2.24, 2.45) is 16.8 Å². The number of amidine groups is 1. The predicted octanol–water partition coefficient (Wildman–Crippen LogP) is 1.36. The molecular formula is C12H17N3O3S. The van der Waals surface area contributed by atoms with Crippen LogP contribution in [0.2, 0.25) is 0 Å². The monoisotopic (exact) mass is 283 g/mol. The van der Waals surface area contributed by atoms with E-state index in [9.17, 15) is 4.79 Å². The van der Waals surface area contributed by atoms with Gasteiger partial charge in [-0.05, 0) is 12.8 Å². The SMILES string of the molecule is COc1csc(C(=O)N2CCC(C(N)=NO)CC2)c1. The number of oxime groups is 1. The third-order valence-electron chi connectivity index (χ3n) is 3.34. The Kier molecular flexibility index (Phi) is 4.26. The summed E-state index contributed by atoms with van der Waals surface area (Å²) < 4.78 is 5.08. The number of amides is 1. The first kappa shape index (κ1) is 13.7. The molecule has 1 aromatic rings. The zero-order chi connectivity index (χ0) is 13.8. The Morgan fingerprint density at radius 3 is 2.79 bits per heavy atom. The first-order chi connectivity index (χ1) is 9.15. The van der Waals surface area contributed by atoms with Crippen LogP contribution in [0.3, 0.4) is 0 Å². The second-order valence-corrected chi connectivity index (χ2v) is 5.35. The fraction of sp³-hybridized carbons (Fsp3) is 0.500. The van der Waals surface area contributed by atoms with Crippen molar-refractivity contribution >= 4 is 23.1 Å². The lowest BCUT2D eigenvalue weighted by atomic mass is 9.96. The van der Waals surface area contributed by atoms with E-state index in [-0.39, 0.29) is 17.7 Å². The van der Waals surface area contributed by atoms with E-state index in [1.54, 1.807) is 18.1 Å². The van der Waals surface area contributed by atoms with E-state index in [2.05, 4.69) is 5.16 Å². The third kappa shape index (κ3) is 2.98. The standard InChI is InChI=1S/C12H17N3O3S/c1-18-9-6-10(19-7-9)12(16)15-4-2-8(3-5-15)11(13)14-17/h6-8,17H,2-5H2,1H3,(H2,13,14). The minimum atomic E-state index is 0.0197. The van der Waals surface area contributed by atoms with Crippen LogP contribution in [0.4, 0.5) is 0 Å². The zero-order valence-electron chi connectivity index (χ0n) is 10.7. The summed E-state index contributed by atoms with van der Waals surface area (Å²) in [4.78, 5) is 14.7. The van der Waals surface area contributed by atoms with Gasteiger partial charge < -0.3 is 20.6 Å². The summed E-state index contributed by atoms with van der Waals surface area (Å²) in [7, 11) is 1.58. The van der Waals surface area contributed by atoms with Gasteiger partial charge in [0, 0.05) is 30.5 Å². The molecule has 1 amide bonds. The Morgan fingerprint density at radius 2 is 2.26 bits per heavy atom. The number of likely N-dealkylation sites (tertiary alicyclic amines) is 1. The lowest BCUT2D eigenvalue weighted by molar-refractivity contribution is 0.0713. The number of nitrogens with two attached hydrogens (primary N) is 1. The van der Waals surface area contributed by atoms with Crippen molar-refractivity contribution in [1.29, 1.82) is 0 Å². The number of carbonyl (C=O) groups is 1. The topological polar surface area (TPSA) is 88.2 Å². The molecule has 0 spiro atoms. The van der Waals surface area contributed by atoms with Crippen LogP contribution in [0.5, 0.6) is 5.75 Å². The molecule has 0 saturated carbocycles. The van der Waals surface area contributed by atoms with Crippen LogP contribution in [0.25, 0.3) is 0 Å². The number of hydrogen-bond donors (Lipinski definition) is 2. The molecule has 0 aromatic carbocycles. The quantitative estimate of drug-likeness (QED) is 0.379. The van der Waals surface area contributed by atoms with Crippen LogP contribution in [0, 0.1) is 5.92 Å². The van der Waals surface area contributed by atoms with Gasteiger partial charge in [0.15, 0.2) is 0 Å². The number of carbonyl (C=O) groups excluding carboxylic acids is 1. The molecule has 6 nitrogen and oxygen atoms in total. The van der Waals surface area contributed by atoms with Gasteiger partial charge in [0.2, 0.25) is 0 Å². The van der Waals surface area contributed by atoms with Gasteiger partial charge in [-0.2, -0.15) is 0 Å². The van der Waals surface area contributed by atoms with E-state index in [4.69, 9.17) is 15.7 Å². The molecule has 1 aliphatic heterocycles. The van der Waals surface area contributed by atoms with Crippen LogP contribution in [0.1, 0.15) is 22.5 Å². The van der Waals surface area contributed by atoms with Gasteiger partial charge in [-0.25, -0.2) is 0 Å². The van der Waals surface area contributed by atoms with Gasteiger partial charge >= 0.3 is 0 Å². The van der Waals surface area contributed by atoms with Gasteiger partial charge in [0.25, 0.3) is 5.91 Å². The molecule has 1 fully saturated rings. The average Bonchev–Trinajstić information content (AvgIpc) is 2.94. The molecule has 104 valence electrons. The second kappa shape index (κ2) is 5.92.